The van der Waals surface area contributed by atoms with Crippen LogP contribution in [0.1, 0.15) is 12.5 Å². The number of benzene rings is 2. The number of hydrogen-bond acceptors (Lipinski definition) is 8. The van der Waals surface area contributed by atoms with Gasteiger partial charge in [0, 0.05) is 5.56 Å². The Kier molecular flexibility index (Phi) is 6.13. The Bertz CT molecular complexity index is 1020. The Hall–Kier alpha value is -3.39. The molecule has 0 fully saturated rings. The first kappa shape index (κ1) is 20.3. The lowest BCUT2D eigenvalue weighted by atomic mass is 10.1. The van der Waals surface area contributed by atoms with Crippen LogP contribution in [-0.2, 0) is 9.53 Å². The number of carbonyl (C=O) groups excluding carboxylic acids is 1. The van der Waals surface area contributed by atoms with Gasteiger partial charge in [-0.2, -0.15) is 0 Å². The summed E-state index contributed by atoms with van der Waals surface area (Å²) < 4.78 is 10.2. The summed E-state index contributed by atoms with van der Waals surface area (Å²) >= 11 is 1.06. The molecule has 1 aliphatic rings. The summed E-state index contributed by atoms with van der Waals surface area (Å²) in [6.45, 7) is 1.81. The minimum Gasteiger partial charge on any atom is -0.508 e. The van der Waals surface area contributed by atoms with Crippen LogP contribution < -0.4 is 4.74 Å². The number of hydrogen-bond donors (Lipinski definition) is 3. The van der Waals surface area contributed by atoms with Crippen molar-refractivity contribution in [3.63, 3.8) is 0 Å². The van der Waals surface area contributed by atoms with E-state index in [9.17, 15) is 20.1 Å². The quantitative estimate of drug-likeness (QED) is 0.495. The van der Waals surface area contributed by atoms with Crippen LogP contribution in [-0.4, -0.2) is 40.0 Å². The van der Waals surface area contributed by atoms with E-state index in [-0.39, 0.29) is 40.0 Å². The minimum absolute atomic E-state index is 0.0427. The van der Waals surface area contributed by atoms with E-state index in [4.69, 9.17) is 9.47 Å². The second-order valence-corrected chi connectivity index (χ2v) is 6.94. The van der Waals surface area contributed by atoms with Crippen molar-refractivity contribution in [2.45, 2.75) is 6.92 Å². The summed E-state index contributed by atoms with van der Waals surface area (Å²) in [5, 5.41) is 30.5. The third-order valence-electron chi connectivity index (χ3n) is 3.97. The van der Waals surface area contributed by atoms with Crippen molar-refractivity contribution in [1.29, 1.82) is 0 Å². The van der Waals surface area contributed by atoms with Crippen molar-refractivity contribution in [1.82, 2.24) is 0 Å². The number of aliphatic hydroxyl groups is 1. The molecule has 2 aromatic rings. The summed E-state index contributed by atoms with van der Waals surface area (Å²) in [6, 6.07) is 10.9. The van der Waals surface area contributed by atoms with E-state index < -0.39 is 5.97 Å². The third-order valence-corrected chi connectivity index (χ3v) is 4.99. The fraction of sp³-hybridized carbons (Fsp3) is 0.143. The number of esters is 1. The van der Waals surface area contributed by atoms with Crippen LogP contribution in [0, 0.1) is 0 Å². The molecule has 2 aromatic carbocycles. The Morgan fingerprint density at radius 3 is 2.52 bits per heavy atom. The number of carbonyl (C=O) groups is 1. The van der Waals surface area contributed by atoms with Gasteiger partial charge in [0.15, 0.2) is 0 Å². The Morgan fingerprint density at radius 2 is 1.86 bits per heavy atom. The predicted molar refractivity (Wildman–Crippen MR) is 112 cm³/mol. The largest absolute Gasteiger partial charge is 0.508 e. The third kappa shape index (κ3) is 4.55. The maximum Gasteiger partial charge on any atom is 0.344 e. The van der Waals surface area contributed by atoms with Crippen LogP contribution in [0.5, 0.6) is 17.2 Å². The van der Waals surface area contributed by atoms with Gasteiger partial charge in [0.05, 0.1) is 24.3 Å². The van der Waals surface area contributed by atoms with E-state index in [2.05, 4.69) is 4.99 Å². The highest BCUT2D eigenvalue weighted by Crippen LogP contribution is 2.41. The minimum atomic E-state index is -0.701. The highest BCUT2D eigenvalue weighted by atomic mass is 32.2. The Morgan fingerprint density at radius 1 is 1.14 bits per heavy atom. The topological polar surface area (TPSA) is 109 Å². The van der Waals surface area contributed by atoms with Crippen LogP contribution in [0.4, 0.5) is 5.69 Å². The first-order valence-electron chi connectivity index (χ1n) is 8.68. The second-order valence-electron chi connectivity index (χ2n) is 5.91. The molecule has 1 heterocycles. The zero-order valence-corrected chi connectivity index (χ0v) is 16.6. The molecular weight excluding hydrogens is 394 g/mol. The van der Waals surface area contributed by atoms with Crippen molar-refractivity contribution in [2.24, 2.45) is 4.99 Å². The standard InChI is InChI=1S/C21H19NO6S/c1-3-28-21(26)18-19(25)17(11-12-10-14(23)6-9-16(12)24)29-20(18)22-13-4-7-15(27-2)8-5-13/h4-11,23-25H,3H2,1-2H3/b17-11+,22-20?. The Balaban J connectivity index is 2.05. The number of aliphatic imine (C=N–C) groups is 1. The first-order valence-corrected chi connectivity index (χ1v) is 9.50. The lowest BCUT2D eigenvalue weighted by Gasteiger charge is -2.04. The number of aliphatic hydroxyl groups excluding tert-OH is 1. The number of phenols is 2. The summed E-state index contributed by atoms with van der Waals surface area (Å²) in [6.07, 6.45) is 1.46. The number of thioether (sulfide) groups is 1. The summed E-state index contributed by atoms with van der Waals surface area (Å²) in [5.41, 5.74) is 0.788. The van der Waals surface area contributed by atoms with Crippen LogP contribution in [0.3, 0.4) is 0 Å². The average molecular weight is 413 g/mol. The molecule has 8 heteroatoms. The van der Waals surface area contributed by atoms with E-state index in [0.29, 0.717) is 16.3 Å². The van der Waals surface area contributed by atoms with Gasteiger partial charge in [-0.05, 0) is 55.5 Å². The molecule has 0 aromatic heterocycles. The highest BCUT2D eigenvalue weighted by Gasteiger charge is 2.33. The van der Waals surface area contributed by atoms with Gasteiger partial charge >= 0.3 is 5.97 Å². The van der Waals surface area contributed by atoms with Crippen LogP contribution in [0.25, 0.3) is 6.08 Å². The van der Waals surface area contributed by atoms with Gasteiger partial charge in [0.25, 0.3) is 0 Å². The van der Waals surface area contributed by atoms with Gasteiger partial charge in [-0.25, -0.2) is 9.79 Å². The van der Waals surface area contributed by atoms with Crippen molar-refractivity contribution < 1.29 is 29.6 Å². The number of aromatic hydroxyl groups is 2. The van der Waals surface area contributed by atoms with Gasteiger partial charge in [-0.1, -0.05) is 11.8 Å². The molecule has 0 atom stereocenters. The van der Waals surface area contributed by atoms with Crippen molar-refractivity contribution in [3.8, 4) is 17.2 Å². The van der Waals surface area contributed by atoms with Gasteiger partial charge in [-0.15, -0.1) is 0 Å². The van der Waals surface area contributed by atoms with Crippen molar-refractivity contribution in [2.75, 3.05) is 13.7 Å². The molecule has 0 radical (unpaired) electrons. The molecule has 3 N–H and O–H groups in total. The maximum absolute atomic E-state index is 12.4. The van der Waals surface area contributed by atoms with Crippen molar-refractivity contribution >= 4 is 34.5 Å². The molecule has 29 heavy (non-hydrogen) atoms. The molecular formula is C21H19NO6S. The predicted octanol–water partition coefficient (Wildman–Crippen LogP) is 4.30. The number of phenolic OH excluding ortho intramolecular Hbond substituents is 2. The van der Waals surface area contributed by atoms with Gasteiger partial charge in [-0.3, -0.25) is 0 Å². The lowest BCUT2D eigenvalue weighted by Crippen LogP contribution is -2.12. The van der Waals surface area contributed by atoms with E-state index >= 15 is 0 Å². The maximum atomic E-state index is 12.4. The van der Waals surface area contributed by atoms with Crippen molar-refractivity contribution in [3.05, 3.63) is 64.3 Å². The van der Waals surface area contributed by atoms with Crippen LogP contribution in [0.15, 0.2) is 63.7 Å². The molecule has 0 spiro atoms. The number of methoxy groups -OCH3 is 1. The molecule has 0 unspecified atom stereocenters. The van der Waals surface area contributed by atoms with E-state index in [1.807, 2.05) is 0 Å². The van der Waals surface area contributed by atoms with Gasteiger partial charge in [0.1, 0.15) is 33.6 Å². The molecule has 1 aliphatic heterocycles. The molecule has 150 valence electrons. The number of rotatable bonds is 5. The Labute approximate surface area is 171 Å². The monoisotopic (exact) mass is 413 g/mol. The van der Waals surface area contributed by atoms with Crippen LogP contribution in [0.2, 0.25) is 0 Å². The van der Waals surface area contributed by atoms with E-state index in [0.717, 1.165) is 11.8 Å². The molecule has 0 saturated carbocycles. The molecule has 0 saturated heterocycles. The second kappa shape index (κ2) is 8.74. The van der Waals surface area contributed by atoms with E-state index in [1.54, 1.807) is 38.3 Å². The summed E-state index contributed by atoms with van der Waals surface area (Å²) in [5.74, 6) is -0.463. The highest BCUT2D eigenvalue weighted by molar-refractivity contribution is 8.18. The lowest BCUT2D eigenvalue weighted by molar-refractivity contribution is -0.138. The summed E-state index contributed by atoms with van der Waals surface area (Å²) in [4.78, 5) is 17.2. The summed E-state index contributed by atoms with van der Waals surface area (Å²) in [7, 11) is 1.56. The zero-order valence-electron chi connectivity index (χ0n) is 15.7. The molecule has 0 aliphatic carbocycles. The normalized spacial score (nSPS) is 16.5. The fourth-order valence-corrected chi connectivity index (χ4v) is 3.59. The van der Waals surface area contributed by atoms with Crippen LogP contribution >= 0.6 is 11.8 Å². The zero-order chi connectivity index (χ0) is 21.0. The number of ether oxygens (including phenoxy) is 2. The average Bonchev–Trinajstić information content (AvgIpc) is 3.00. The van der Waals surface area contributed by atoms with Gasteiger partial charge in [0.2, 0.25) is 0 Å². The molecule has 0 bridgehead atoms. The fourth-order valence-electron chi connectivity index (χ4n) is 2.56. The first-order chi connectivity index (χ1) is 13.9. The molecule has 7 nitrogen and oxygen atoms in total. The number of nitrogens with zero attached hydrogens (tertiary/aromatic N) is 1. The molecule has 0 amide bonds. The van der Waals surface area contributed by atoms with Gasteiger partial charge < -0.3 is 24.8 Å². The van der Waals surface area contributed by atoms with E-state index in [1.165, 1.54) is 24.3 Å². The smallest absolute Gasteiger partial charge is 0.344 e. The molecule has 3 rings (SSSR count). The SMILES string of the molecule is CCOC(=O)C1=C(O)/C(=C\c2cc(O)ccc2O)SC1=Nc1ccc(OC)cc1.